The number of urea groups is 1. The molecule has 3 rings (SSSR count). The summed E-state index contributed by atoms with van der Waals surface area (Å²) < 4.78 is 5.21. The van der Waals surface area contributed by atoms with Crippen molar-refractivity contribution in [3.63, 3.8) is 0 Å². The highest BCUT2D eigenvalue weighted by molar-refractivity contribution is 5.95. The maximum atomic E-state index is 12.8. The van der Waals surface area contributed by atoms with Gasteiger partial charge in [-0.15, -0.1) is 0 Å². The molecule has 0 radical (unpaired) electrons. The van der Waals surface area contributed by atoms with Gasteiger partial charge in [0.1, 0.15) is 0 Å². The number of nitro groups is 1. The number of hydrogen-bond donors (Lipinski definition) is 1. The Balaban J connectivity index is 2.05. The topological polar surface area (TPSA) is 102 Å². The minimum Gasteiger partial charge on any atom is -0.463 e. The molecular formula is C21H21N3O5. The fraction of sp³-hybridized carbons (Fsp3) is 0.238. The zero-order valence-electron chi connectivity index (χ0n) is 16.1. The molecule has 2 aromatic rings. The largest absolute Gasteiger partial charge is 0.463 e. The van der Waals surface area contributed by atoms with Gasteiger partial charge in [0.25, 0.3) is 5.69 Å². The van der Waals surface area contributed by atoms with Crippen LogP contribution in [0, 0.1) is 10.1 Å². The van der Waals surface area contributed by atoms with Crippen molar-refractivity contribution in [3.8, 4) is 0 Å². The van der Waals surface area contributed by atoms with Crippen LogP contribution in [-0.2, 0) is 16.1 Å². The van der Waals surface area contributed by atoms with Gasteiger partial charge in [-0.2, -0.15) is 0 Å². The predicted octanol–water partition coefficient (Wildman–Crippen LogP) is 3.70. The van der Waals surface area contributed by atoms with Gasteiger partial charge < -0.3 is 10.1 Å². The van der Waals surface area contributed by atoms with E-state index in [0.29, 0.717) is 11.3 Å². The van der Waals surface area contributed by atoms with Gasteiger partial charge in [0, 0.05) is 17.8 Å². The van der Waals surface area contributed by atoms with Crippen LogP contribution in [0.4, 0.5) is 10.5 Å². The van der Waals surface area contributed by atoms with E-state index in [1.807, 2.05) is 30.3 Å². The molecule has 0 bridgehead atoms. The van der Waals surface area contributed by atoms with Crippen LogP contribution >= 0.6 is 0 Å². The average Bonchev–Trinajstić information content (AvgIpc) is 2.71. The summed E-state index contributed by atoms with van der Waals surface area (Å²) in [6, 6.07) is 14.0. The molecule has 2 aromatic carbocycles. The van der Waals surface area contributed by atoms with Gasteiger partial charge in [-0.25, -0.2) is 9.59 Å². The van der Waals surface area contributed by atoms with Crippen LogP contribution in [0.1, 0.15) is 31.0 Å². The Kier molecular flexibility index (Phi) is 5.92. The number of carbonyl (C=O) groups excluding carboxylic acids is 2. The molecule has 29 heavy (non-hydrogen) atoms. The number of allylic oxidation sites excluding steroid dienone is 1. The molecule has 0 aliphatic carbocycles. The highest BCUT2D eigenvalue weighted by Crippen LogP contribution is 2.33. The Bertz CT molecular complexity index is 971. The summed E-state index contributed by atoms with van der Waals surface area (Å²) in [4.78, 5) is 37.7. The summed E-state index contributed by atoms with van der Waals surface area (Å²) in [6.45, 7) is 3.82. The third-order valence-electron chi connectivity index (χ3n) is 4.69. The molecule has 1 atom stereocenters. The van der Waals surface area contributed by atoms with Crippen molar-refractivity contribution >= 4 is 17.7 Å². The molecule has 1 heterocycles. The normalized spacial score (nSPS) is 16.4. The minimum absolute atomic E-state index is 0.121. The molecule has 0 unspecified atom stereocenters. The number of hydrogen-bond acceptors (Lipinski definition) is 5. The van der Waals surface area contributed by atoms with Gasteiger partial charge in [0.05, 0.1) is 29.7 Å². The summed E-state index contributed by atoms with van der Waals surface area (Å²) in [5.41, 5.74) is 1.92. The van der Waals surface area contributed by atoms with Crippen molar-refractivity contribution in [2.75, 3.05) is 6.61 Å². The van der Waals surface area contributed by atoms with Crippen LogP contribution in [0.5, 0.6) is 0 Å². The molecular weight excluding hydrogens is 374 g/mol. The van der Waals surface area contributed by atoms with Crippen LogP contribution in [-0.4, -0.2) is 28.4 Å². The predicted molar refractivity (Wildman–Crippen MR) is 106 cm³/mol. The maximum Gasteiger partial charge on any atom is 0.338 e. The number of nitrogens with zero attached hydrogens (tertiary/aromatic N) is 2. The van der Waals surface area contributed by atoms with Gasteiger partial charge in [-0.05, 0) is 25.0 Å². The van der Waals surface area contributed by atoms with E-state index in [0.717, 1.165) is 5.56 Å². The molecule has 8 nitrogen and oxygen atoms in total. The van der Waals surface area contributed by atoms with E-state index in [1.165, 1.54) is 23.1 Å². The average molecular weight is 395 g/mol. The van der Waals surface area contributed by atoms with E-state index in [1.54, 1.807) is 19.9 Å². The van der Waals surface area contributed by atoms with Crippen molar-refractivity contribution in [1.29, 1.82) is 0 Å². The van der Waals surface area contributed by atoms with Crippen LogP contribution in [0.2, 0.25) is 0 Å². The molecule has 0 saturated carbocycles. The van der Waals surface area contributed by atoms with Gasteiger partial charge in [0.2, 0.25) is 0 Å². The zero-order valence-corrected chi connectivity index (χ0v) is 16.1. The third-order valence-corrected chi connectivity index (χ3v) is 4.69. The minimum atomic E-state index is -0.839. The monoisotopic (exact) mass is 395 g/mol. The number of rotatable bonds is 6. The van der Waals surface area contributed by atoms with Crippen LogP contribution in [0.25, 0.3) is 0 Å². The van der Waals surface area contributed by atoms with Gasteiger partial charge in [0.15, 0.2) is 0 Å². The molecule has 1 aliphatic rings. The standard InChI is InChI=1S/C21H21N3O5/c1-3-29-20(25)18-14(2)23(13-15-8-5-4-6-9-15)21(26)22-19(18)16-10-7-11-17(12-16)24(27)28/h4-12,19H,3,13H2,1-2H3,(H,22,26)/t19-/m0/s1. The number of nitro benzene ring substituents is 1. The molecule has 1 N–H and O–H groups in total. The van der Waals surface area contributed by atoms with Gasteiger partial charge in [-0.3, -0.25) is 15.0 Å². The van der Waals surface area contributed by atoms with E-state index in [4.69, 9.17) is 4.74 Å². The molecule has 150 valence electrons. The summed E-state index contributed by atoms with van der Waals surface area (Å²) in [5, 5.41) is 13.9. The SMILES string of the molecule is CCOC(=O)C1=C(C)N(Cc2ccccc2)C(=O)N[C@H]1c1cccc([N+](=O)[O-])c1. The number of esters is 1. The lowest BCUT2D eigenvalue weighted by Gasteiger charge is -2.35. The first kappa shape index (κ1) is 20.1. The van der Waals surface area contributed by atoms with E-state index < -0.39 is 23.0 Å². The summed E-state index contributed by atoms with van der Waals surface area (Å²) >= 11 is 0. The molecule has 1 aliphatic heterocycles. The fourth-order valence-electron chi connectivity index (χ4n) is 3.28. The van der Waals surface area contributed by atoms with E-state index in [9.17, 15) is 19.7 Å². The first-order valence-corrected chi connectivity index (χ1v) is 9.16. The summed E-state index contributed by atoms with van der Waals surface area (Å²) in [5.74, 6) is -0.570. The van der Waals surface area contributed by atoms with Crippen LogP contribution in [0.15, 0.2) is 65.9 Å². The van der Waals surface area contributed by atoms with Crippen molar-refractivity contribution in [1.82, 2.24) is 10.2 Å². The summed E-state index contributed by atoms with van der Waals surface area (Å²) in [6.07, 6.45) is 0. The van der Waals surface area contributed by atoms with Crippen molar-refractivity contribution in [2.24, 2.45) is 0 Å². The highest BCUT2D eigenvalue weighted by Gasteiger charge is 2.36. The number of carbonyl (C=O) groups is 2. The van der Waals surface area contributed by atoms with Crippen molar-refractivity contribution < 1.29 is 19.2 Å². The first-order valence-electron chi connectivity index (χ1n) is 9.16. The van der Waals surface area contributed by atoms with Gasteiger partial charge >= 0.3 is 12.0 Å². The second-order valence-electron chi connectivity index (χ2n) is 6.53. The first-order chi connectivity index (χ1) is 13.9. The number of non-ortho nitro benzene ring substituents is 1. The number of amides is 2. The van der Waals surface area contributed by atoms with E-state index in [2.05, 4.69) is 5.32 Å². The van der Waals surface area contributed by atoms with Crippen LogP contribution in [0.3, 0.4) is 0 Å². The second-order valence-corrected chi connectivity index (χ2v) is 6.53. The molecule has 0 saturated heterocycles. The summed E-state index contributed by atoms with van der Waals surface area (Å²) in [7, 11) is 0. The third kappa shape index (κ3) is 4.26. The Hall–Kier alpha value is -3.68. The number of nitrogens with one attached hydrogen (secondary N) is 1. The quantitative estimate of drug-likeness (QED) is 0.456. The Morgan fingerprint density at radius 1 is 1.21 bits per heavy atom. The Morgan fingerprint density at radius 2 is 1.93 bits per heavy atom. The highest BCUT2D eigenvalue weighted by atomic mass is 16.6. The lowest BCUT2D eigenvalue weighted by molar-refractivity contribution is -0.384. The molecule has 8 heteroatoms. The lowest BCUT2D eigenvalue weighted by atomic mass is 9.94. The maximum absolute atomic E-state index is 12.8. The lowest BCUT2D eigenvalue weighted by Crippen LogP contribution is -2.47. The molecule has 0 spiro atoms. The van der Waals surface area contributed by atoms with Crippen LogP contribution < -0.4 is 5.32 Å². The molecule has 0 aromatic heterocycles. The van der Waals surface area contributed by atoms with Gasteiger partial charge in [-0.1, -0.05) is 42.5 Å². The number of ether oxygens (including phenoxy) is 1. The Morgan fingerprint density at radius 3 is 2.59 bits per heavy atom. The van der Waals surface area contributed by atoms with E-state index in [-0.39, 0.29) is 24.4 Å². The number of benzene rings is 2. The van der Waals surface area contributed by atoms with E-state index >= 15 is 0 Å². The zero-order chi connectivity index (χ0) is 21.0. The second kappa shape index (κ2) is 8.55. The molecule has 2 amide bonds. The Labute approximate surface area is 167 Å². The van der Waals surface area contributed by atoms with Crippen molar-refractivity contribution in [3.05, 3.63) is 87.1 Å². The van der Waals surface area contributed by atoms with Crippen molar-refractivity contribution in [2.45, 2.75) is 26.4 Å². The fourth-order valence-corrected chi connectivity index (χ4v) is 3.28. The molecule has 0 fully saturated rings. The smallest absolute Gasteiger partial charge is 0.338 e.